The number of halogens is 1. The molecule has 0 N–H and O–H groups in total. The van der Waals surface area contributed by atoms with E-state index in [2.05, 4.69) is 36.1 Å². The van der Waals surface area contributed by atoms with Crippen LogP contribution in [0.5, 0.6) is 0 Å². The first-order valence-corrected chi connectivity index (χ1v) is 9.63. The number of rotatable bonds is 3. The molecule has 2 aromatic heterocycles. The highest BCUT2D eigenvalue weighted by molar-refractivity contribution is 5.50. The van der Waals surface area contributed by atoms with E-state index in [0.717, 1.165) is 38.2 Å². The Morgan fingerprint density at radius 3 is 2.90 bits per heavy atom. The van der Waals surface area contributed by atoms with Gasteiger partial charge in [0.25, 0.3) is 0 Å². The standard InChI is InChI=1S/C20H19FN8/c21-14-2-1-3-15(10-14)29-13-18(25-26-29)19-5-4-16-12-27(8-9-28(16)19)20-17(11-22)23-6-7-24-20/h1-3,6-7,10,13,16,19H,4-5,8-9,12H2/t16-,19+/m0/s1. The van der Waals surface area contributed by atoms with Crippen molar-refractivity contribution in [3.63, 3.8) is 0 Å². The molecule has 0 spiro atoms. The van der Waals surface area contributed by atoms with Crippen LogP contribution in [-0.2, 0) is 0 Å². The predicted octanol–water partition coefficient (Wildman–Crippen LogP) is 2.09. The van der Waals surface area contributed by atoms with Crippen LogP contribution in [0.4, 0.5) is 10.2 Å². The third-order valence-electron chi connectivity index (χ3n) is 5.71. The van der Waals surface area contributed by atoms with Crippen molar-refractivity contribution in [1.29, 1.82) is 5.26 Å². The van der Waals surface area contributed by atoms with E-state index >= 15 is 0 Å². The third kappa shape index (κ3) is 3.21. The normalized spacial score (nSPS) is 21.7. The minimum atomic E-state index is -0.294. The van der Waals surface area contributed by atoms with Gasteiger partial charge in [0, 0.05) is 38.1 Å². The number of nitriles is 1. The van der Waals surface area contributed by atoms with E-state index < -0.39 is 0 Å². The molecule has 0 bridgehead atoms. The van der Waals surface area contributed by atoms with Gasteiger partial charge in [-0.15, -0.1) is 5.10 Å². The van der Waals surface area contributed by atoms with Gasteiger partial charge in [0.05, 0.1) is 17.9 Å². The first-order valence-electron chi connectivity index (χ1n) is 9.63. The second kappa shape index (κ2) is 7.22. The predicted molar refractivity (Wildman–Crippen MR) is 103 cm³/mol. The van der Waals surface area contributed by atoms with Gasteiger partial charge >= 0.3 is 0 Å². The summed E-state index contributed by atoms with van der Waals surface area (Å²) < 4.78 is 15.1. The fourth-order valence-corrected chi connectivity index (χ4v) is 4.38. The molecule has 2 aliphatic heterocycles. The molecule has 4 heterocycles. The first-order chi connectivity index (χ1) is 14.2. The van der Waals surface area contributed by atoms with E-state index in [1.54, 1.807) is 23.1 Å². The molecule has 0 amide bonds. The van der Waals surface area contributed by atoms with Crippen molar-refractivity contribution in [2.45, 2.75) is 24.9 Å². The Hall–Kier alpha value is -3.38. The maximum Gasteiger partial charge on any atom is 0.183 e. The second-order valence-corrected chi connectivity index (χ2v) is 7.34. The van der Waals surface area contributed by atoms with Crippen molar-refractivity contribution in [2.24, 2.45) is 0 Å². The van der Waals surface area contributed by atoms with Gasteiger partial charge in [-0.1, -0.05) is 11.3 Å². The number of anilines is 1. The topological polar surface area (TPSA) is 86.8 Å². The fourth-order valence-electron chi connectivity index (χ4n) is 4.38. The van der Waals surface area contributed by atoms with Gasteiger partial charge in [-0.3, -0.25) is 4.90 Å². The van der Waals surface area contributed by atoms with Crippen LogP contribution in [0, 0.1) is 17.1 Å². The minimum absolute atomic E-state index is 0.196. The Balaban J connectivity index is 1.33. The number of nitrogens with zero attached hydrogens (tertiary/aromatic N) is 8. The van der Waals surface area contributed by atoms with Gasteiger partial charge in [0.15, 0.2) is 11.5 Å². The molecule has 2 saturated heterocycles. The Labute approximate surface area is 167 Å². The van der Waals surface area contributed by atoms with Crippen LogP contribution in [0.1, 0.15) is 30.3 Å². The van der Waals surface area contributed by atoms with Crippen LogP contribution in [0.2, 0.25) is 0 Å². The molecule has 2 aliphatic rings. The van der Waals surface area contributed by atoms with Crippen molar-refractivity contribution < 1.29 is 4.39 Å². The molecule has 9 heteroatoms. The van der Waals surface area contributed by atoms with E-state index in [1.165, 1.54) is 12.1 Å². The highest BCUT2D eigenvalue weighted by Crippen LogP contribution is 2.37. The molecule has 2 fully saturated rings. The molecule has 29 heavy (non-hydrogen) atoms. The van der Waals surface area contributed by atoms with E-state index in [-0.39, 0.29) is 11.9 Å². The molecule has 1 aromatic carbocycles. The maximum absolute atomic E-state index is 13.5. The SMILES string of the molecule is N#Cc1nccnc1N1CCN2[C@@H](CC[C@@H]2c2cn(-c3cccc(F)c3)nn2)C1. The summed E-state index contributed by atoms with van der Waals surface area (Å²) >= 11 is 0. The van der Waals surface area contributed by atoms with Crippen molar-refractivity contribution in [3.05, 3.63) is 60.1 Å². The van der Waals surface area contributed by atoms with E-state index in [4.69, 9.17) is 0 Å². The summed E-state index contributed by atoms with van der Waals surface area (Å²) in [4.78, 5) is 13.1. The van der Waals surface area contributed by atoms with Crippen LogP contribution in [-0.4, -0.2) is 55.5 Å². The molecule has 146 valence electrons. The smallest absolute Gasteiger partial charge is 0.183 e. The van der Waals surface area contributed by atoms with Gasteiger partial charge < -0.3 is 4.90 Å². The van der Waals surface area contributed by atoms with Crippen LogP contribution >= 0.6 is 0 Å². The lowest BCUT2D eigenvalue weighted by Crippen LogP contribution is -2.51. The van der Waals surface area contributed by atoms with Crippen molar-refractivity contribution in [2.75, 3.05) is 24.5 Å². The zero-order valence-electron chi connectivity index (χ0n) is 15.7. The lowest BCUT2D eigenvalue weighted by molar-refractivity contribution is 0.173. The number of hydrogen-bond acceptors (Lipinski definition) is 7. The summed E-state index contributed by atoms with van der Waals surface area (Å²) in [6.45, 7) is 2.43. The fraction of sp³-hybridized carbons (Fsp3) is 0.350. The Morgan fingerprint density at radius 1 is 1.14 bits per heavy atom. The minimum Gasteiger partial charge on any atom is -0.351 e. The highest BCUT2D eigenvalue weighted by Gasteiger charge is 2.40. The summed E-state index contributed by atoms with van der Waals surface area (Å²) in [5.74, 6) is 0.368. The highest BCUT2D eigenvalue weighted by atomic mass is 19.1. The van der Waals surface area contributed by atoms with E-state index in [1.807, 2.05) is 12.3 Å². The Bertz CT molecular complexity index is 1070. The molecule has 3 aromatic rings. The van der Waals surface area contributed by atoms with Gasteiger partial charge in [0.2, 0.25) is 0 Å². The zero-order chi connectivity index (χ0) is 19.8. The van der Waals surface area contributed by atoms with Crippen LogP contribution in [0.3, 0.4) is 0 Å². The summed E-state index contributed by atoms with van der Waals surface area (Å²) in [6.07, 6.45) is 7.10. The van der Waals surface area contributed by atoms with Crippen molar-refractivity contribution >= 4 is 5.82 Å². The average molecular weight is 390 g/mol. The Morgan fingerprint density at radius 2 is 2.03 bits per heavy atom. The quantitative estimate of drug-likeness (QED) is 0.677. The van der Waals surface area contributed by atoms with Gasteiger partial charge in [0.1, 0.15) is 17.6 Å². The number of hydrogen-bond donors (Lipinski definition) is 0. The van der Waals surface area contributed by atoms with Gasteiger partial charge in [-0.2, -0.15) is 5.26 Å². The summed E-state index contributed by atoms with van der Waals surface area (Å²) in [5, 5.41) is 17.9. The molecule has 8 nitrogen and oxygen atoms in total. The van der Waals surface area contributed by atoms with Crippen LogP contribution < -0.4 is 4.90 Å². The summed E-state index contributed by atoms with van der Waals surface area (Å²) in [5.41, 5.74) is 1.94. The number of aromatic nitrogens is 5. The average Bonchev–Trinajstić information content (AvgIpc) is 3.40. The van der Waals surface area contributed by atoms with E-state index in [9.17, 15) is 9.65 Å². The zero-order valence-corrected chi connectivity index (χ0v) is 15.7. The van der Waals surface area contributed by atoms with E-state index in [0.29, 0.717) is 23.2 Å². The summed E-state index contributed by atoms with van der Waals surface area (Å²) in [6, 6.07) is 9.03. The maximum atomic E-state index is 13.5. The van der Waals surface area contributed by atoms with Crippen molar-refractivity contribution in [1.82, 2.24) is 29.9 Å². The lowest BCUT2D eigenvalue weighted by atomic mass is 10.1. The largest absolute Gasteiger partial charge is 0.351 e. The molecule has 5 rings (SSSR count). The molecule has 0 saturated carbocycles. The van der Waals surface area contributed by atoms with Gasteiger partial charge in [-0.25, -0.2) is 19.0 Å². The van der Waals surface area contributed by atoms with Crippen LogP contribution in [0.15, 0.2) is 42.9 Å². The second-order valence-electron chi connectivity index (χ2n) is 7.34. The van der Waals surface area contributed by atoms with Crippen molar-refractivity contribution in [3.8, 4) is 11.8 Å². The van der Waals surface area contributed by atoms with Crippen LogP contribution in [0.25, 0.3) is 5.69 Å². The molecule has 0 aliphatic carbocycles. The molecular weight excluding hydrogens is 371 g/mol. The summed E-state index contributed by atoms with van der Waals surface area (Å²) in [7, 11) is 0. The lowest BCUT2D eigenvalue weighted by Gasteiger charge is -2.40. The number of fused-ring (bicyclic) bond motifs is 1. The first kappa shape index (κ1) is 17.7. The Kier molecular flexibility index (Phi) is 4.41. The van der Waals surface area contributed by atoms with Gasteiger partial charge in [-0.05, 0) is 31.0 Å². The molecular formula is C20H19FN8. The molecule has 0 radical (unpaired) electrons. The number of benzene rings is 1. The molecule has 2 atom stereocenters. The number of piperazine rings is 1. The third-order valence-corrected chi connectivity index (χ3v) is 5.71. The monoisotopic (exact) mass is 390 g/mol. The molecule has 0 unspecified atom stereocenters.